The fourth-order valence-corrected chi connectivity index (χ4v) is 3.63. The molecule has 1 aliphatic rings. The van der Waals surface area contributed by atoms with Gasteiger partial charge in [0, 0.05) is 20.3 Å². The Hall–Kier alpha value is -3.68. The lowest BCUT2D eigenvalue weighted by Crippen LogP contribution is -2.59. The Labute approximate surface area is 218 Å². The molecule has 0 spiro atoms. The second-order valence-electron chi connectivity index (χ2n) is 9.10. The molecule has 3 amide bonds. The smallest absolute Gasteiger partial charge is 0.274 e. The summed E-state index contributed by atoms with van der Waals surface area (Å²) in [5, 5.41) is 11.3. The van der Waals surface area contributed by atoms with Crippen LogP contribution in [0.4, 0.5) is 4.39 Å². The van der Waals surface area contributed by atoms with E-state index in [1.807, 2.05) is 0 Å². The van der Waals surface area contributed by atoms with Crippen LogP contribution in [0.2, 0.25) is 0 Å². The number of ether oxygens (including phenoxy) is 3. The molecule has 4 atom stereocenters. The summed E-state index contributed by atoms with van der Waals surface area (Å²) in [7, 11) is 2.69. The highest BCUT2D eigenvalue weighted by atomic mass is 19.1. The molecule has 13 heteroatoms. The zero-order valence-electron chi connectivity index (χ0n) is 21.5. The van der Waals surface area contributed by atoms with Gasteiger partial charge >= 0.3 is 0 Å². The van der Waals surface area contributed by atoms with Crippen molar-refractivity contribution in [1.29, 1.82) is 0 Å². The molecule has 3 N–H and O–H groups in total. The first-order valence-corrected chi connectivity index (χ1v) is 11.8. The van der Waals surface area contributed by atoms with E-state index in [-0.39, 0.29) is 37.7 Å². The first-order chi connectivity index (χ1) is 18.1. The molecule has 0 saturated carbocycles. The summed E-state index contributed by atoms with van der Waals surface area (Å²) < 4.78 is 33.6. The molecule has 38 heavy (non-hydrogen) atoms. The van der Waals surface area contributed by atoms with Crippen molar-refractivity contribution in [3.05, 3.63) is 53.2 Å². The minimum Gasteiger partial charge on any atom is -0.382 e. The molecule has 4 unspecified atom stereocenters. The monoisotopic (exact) mass is 534 g/mol. The third-order valence-electron chi connectivity index (χ3n) is 5.87. The number of ketones is 1. The Bertz CT molecular complexity index is 1150. The lowest BCUT2D eigenvalue weighted by molar-refractivity contribution is -0.134. The van der Waals surface area contributed by atoms with Crippen LogP contribution in [-0.2, 0) is 35.0 Å². The van der Waals surface area contributed by atoms with Gasteiger partial charge in [0.25, 0.3) is 5.91 Å². The summed E-state index contributed by atoms with van der Waals surface area (Å²) in [6.45, 7) is 3.02. The third-order valence-corrected chi connectivity index (χ3v) is 5.87. The number of methoxy groups -OCH3 is 2. The molecule has 0 bridgehead atoms. The Morgan fingerprint density at radius 3 is 2.05 bits per heavy atom. The lowest BCUT2D eigenvalue weighted by atomic mass is 9.94. The molecule has 1 aromatic carbocycles. The van der Waals surface area contributed by atoms with E-state index in [9.17, 15) is 23.6 Å². The molecule has 2 heterocycles. The van der Waals surface area contributed by atoms with Crippen LogP contribution in [0.15, 0.2) is 34.9 Å². The topological polar surface area (TPSA) is 161 Å². The number of nitrogens with one attached hydrogen (secondary N) is 3. The number of aryl methyl sites for hydroxylation is 1. The zero-order valence-corrected chi connectivity index (χ0v) is 21.5. The highest BCUT2D eigenvalue weighted by molar-refractivity contribution is 5.99. The van der Waals surface area contributed by atoms with E-state index in [1.54, 1.807) is 13.8 Å². The Kier molecular flexibility index (Phi) is 9.66. The molecule has 1 fully saturated rings. The highest BCUT2D eigenvalue weighted by Crippen LogP contribution is 2.29. The van der Waals surface area contributed by atoms with E-state index in [1.165, 1.54) is 44.6 Å². The van der Waals surface area contributed by atoms with E-state index in [2.05, 4.69) is 21.1 Å². The van der Waals surface area contributed by atoms with Gasteiger partial charge in [-0.05, 0) is 38.0 Å². The Morgan fingerprint density at radius 1 is 1.00 bits per heavy atom. The minimum absolute atomic E-state index is 0.0273. The maximum atomic E-state index is 13.3. The third kappa shape index (κ3) is 7.66. The molecule has 1 saturated heterocycles. The number of epoxide rings is 1. The molecule has 0 aliphatic carbocycles. The van der Waals surface area contributed by atoms with Crippen LogP contribution < -0.4 is 16.0 Å². The molecular formula is C25H31FN4O8. The summed E-state index contributed by atoms with van der Waals surface area (Å²) in [5.41, 5.74) is -0.446. The quantitative estimate of drug-likeness (QED) is 0.285. The van der Waals surface area contributed by atoms with Crippen molar-refractivity contribution < 1.29 is 42.3 Å². The Balaban J connectivity index is 1.71. The van der Waals surface area contributed by atoms with E-state index in [0.29, 0.717) is 11.3 Å². The molecule has 3 rings (SSSR count). The number of hydrogen-bond acceptors (Lipinski definition) is 9. The van der Waals surface area contributed by atoms with Crippen molar-refractivity contribution in [3.8, 4) is 0 Å². The van der Waals surface area contributed by atoms with Crippen LogP contribution in [0, 0.1) is 12.7 Å². The van der Waals surface area contributed by atoms with Crippen LogP contribution in [0.25, 0.3) is 0 Å². The number of carbonyl (C=O) groups is 4. The number of nitrogens with zero attached hydrogens (tertiary/aromatic N) is 1. The van der Waals surface area contributed by atoms with Gasteiger partial charge in [0.1, 0.15) is 29.3 Å². The first-order valence-electron chi connectivity index (χ1n) is 11.8. The number of amides is 3. The first kappa shape index (κ1) is 28.9. The van der Waals surface area contributed by atoms with Crippen LogP contribution >= 0.6 is 0 Å². The van der Waals surface area contributed by atoms with Crippen molar-refractivity contribution in [3.63, 3.8) is 0 Å². The van der Waals surface area contributed by atoms with Gasteiger partial charge in [-0.3, -0.25) is 19.2 Å². The number of hydrogen-bond donors (Lipinski definition) is 3. The fraction of sp³-hybridized carbons (Fsp3) is 0.480. The molecule has 206 valence electrons. The maximum absolute atomic E-state index is 13.3. The summed E-state index contributed by atoms with van der Waals surface area (Å²) >= 11 is 0. The second kappa shape index (κ2) is 12.7. The average Bonchev–Trinajstić information content (AvgIpc) is 3.49. The van der Waals surface area contributed by atoms with Crippen molar-refractivity contribution in [1.82, 2.24) is 21.1 Å². The number of carbonyl (C=O) groups excluding carboxylic acids is 4. The molecule has 2 aromatic rings. The van der Waals surface area contributed by atoms with E-state index in [0.717, 1.165) is 0 Å². The van der Waals surface area contributed by atoms with Gasteiger partial charge in [0.15, 0.2) is 11.5 Å². The molecular weight excluding hydrogens is 503 g/mol. The van der Waals surface area contributed by atoms with E-state index >= 15 is 0 Å². The van der Waals surface area contributed by atoms with Crippen molar-refractivity contribution in [2.75, 3.05) is 34.0 Å². The standard InChI is InChI=1S/C25H31FN4O8/c1-14-9-18(30-38-14)22(32)28-20(12-36-4)24(34)29-19(11-35-3)23(33)27-17(21(31)25(2)13-37-25)10-15-5-7-16(26)8-6-15/h5-9,17,19-20H,10-13H2,1-4H3,(H,27,33)(H,28,32)(H,29,34). The lowest BCUT2D eigenvalue weighted by Gasteiger charge is -2.25. The van der Waals surface area contributed by atoms with Crippen LogP contribution in [0.3, 0.4) is 0 Å². The second-order valence-corrected chi connectivity index (χ2v) is 9.10. The maximum Gasteiger partial charge on any atom is 0.274 e. The number of halogens is 1. The van der Waals surface area contributed by atoms with Gasteiger partial charge in [-0.2, -0.15) is 0 Å². The summed E-state index contributed by atoms with van der Waals surface area (Å²) in [6, 6.07) is 3.55. The molecule has 1 aromatic heterocycles. The zero-order chi connectivity index (χ0) is 27.9. The summed E-state index contributed by atoms with van der Waals surface area (Å²) in [6.07, 6.45) is 0.0803. The van der Waals surface area contributed by atoms with Crippen molar-refractivity contribution >= 4 is 23.5 Å². The largest absolute Gasteiger partial charge is 0.382 e. The van der Waals surface area contributed by atoms with Crippen LogP contribution in [0.5, 0.6) is 0 Å². The fourth-order valence-electron chi connectivity index (χ4n) is 3.63. The van der Waals surface area contributed by atoms with Crippen LogP contribution in [-0.4, -0.2) is 86.4 Å². The highest BCUT2D eigenvalue weighted by Gasteiger charge is 2.50. The number of aromatic nitrogens is 1. The van der Waals surface area contributed by atoms with Gasteiger partial charge in [-0.1, -0.05) is 17.3 Å². The predicted octanol–water partition coefficient (Wildman–Crippen LogP) is 0.0836. The molecule has 12 nitrogen and oxygen atoms in total. The van der Waals surface area contributed by atoms with Gasteiger partial charge in [0.2, 0.25) is 11.8 Å². The van der Waals surface area contributed by atoms with Gasteiger partial charge in [-0.25, -0.2) is 4.39 Å². The van der Waals surface area contributed by atoms with E-state index in [4.69, 9.17) is 18.7 Å². The minimum atomic E-state index is -1.21. The number of Topliss-reactive ketones (excluding diaryl/α,β-unsaturated/α-hetero) is 1. The predicted molar refractivity (Wildman–Crippen MR) is 130 cm³/mol. The Morgan fingerprint density at radius 2 is 1.55 bits per heavy atom. The van der Waals surface area contributed by atoms with Crippen LogP contribution in [0.1, 0.15) is 28.7 Å². The average molecular weight is 535 g/mol. The van der Waals surface area contributed by atoms with Gasteiger partial charge < -0.3 is 34.7 Å². The SMILES string of the molecule is COCC(NC(=O)c1cc(C)on1)C(=O)NC(COC)C(=O)NC(Cc1ccc(F)cc1)C(=O)C1(C)CO1. The number of rotatable bonds is 14. The van der Waals surface area contributed by atoms with Crippen molar-refractivity contribution in [2.45, 2.75) is 44.0 Å². The normalized spacial score (nSPS) is 18.7. The number of benzene rings is 1. The van der Waals surface area contributed by atoms with Crippen molar-refractivity contribution in [2.24, 2.45) is 0 Å². The van der Waals surface area contributed by atoms with E-state index < -0.39 is 47.3 Å². The summed E-state index contributed by atoms with van der Waals surface area (Å²) in [4.78, 5) is 51.7. The van der Waals surface area contributed by atoms with Gasteiger partial charge in [-0.15, -0.1) is 0 Å². The summed E-state index contributed by atoms with van der Waals surface area (Å²) in [5.74, 6) is -2.47. The van der Waals surface area contributed by atoms with Gasteiger partial charge in [0.05, 0.1) is 25.9 Å². The molecule has 1 aliphatic heterocycles. The molecule has 0 radical (unpaired) electrons.